The minimum atomic E-state index is -0.205. The maximum atomic E-state index is 11.1. The fourth-order valence-corrected chi connectivity index (χ4v) is 0.887. The standard InChI is InChI=1S/C6H9N3OS/c1-3(2)4-5(10)7-6(11)9-8-4/h3H,1-2H3,(H2,7,9,10,11). The van der Waals surface area contributed by atoms with Gasteiger partial charge < -0.3 is 0 Å². The van der Waals surface area contributed by atoms with E-state index >= 15 is 0 Å². The monoisotopic (exact) mass is 171 g/mol. The van der Waals surface area contributed by atoms with Crippen LogP contribution in [0.3, 0.4) is 0 Å². The highest BCUT2D eigenvalue weighted by molar-refractivity contribution is 7.71. The molecule has 0 amide bonds. The zero-order valence-corrected chi connectivity index (χ0v) is 7.16. The molecule has 0 spiro atoms. The van der Waals surface area contributed by atoms with E-state index in [9.17, 15) is 4.79 Å². The lowest BCUT2D eigenvalue weighted by atomic mass is 10.1. The Bertz CT molecular complexity index is 351. The lowest BCUT2D eigenvalue weighted by molar-refractivity contribution is 0.744. The SMILES string of the molecule is CC(C)c1n[nH]c(=S)[nH]c1=O. The van der Waals surface area contributed by atoms with E-state index in [4.69, 9.17) is 0 Å². The molecule has 0 aromatic carbocycles. The number of hydrogen-bond donors (Lipinski definition) is 2. The van der Waals surface area contributed by atoms with Gasteiger partial charge in [0.25, 0.3) is 5.56 Å². The Balaban J connectivity index is 3.32. The summed E-state index contributed by atoms with van der Waals surface area (Å²) in [6.07, 6.45) is 0. The molecule has 1 aromatic rings. The molecule has 1 heterocycles. The van der Waals surface area contributed by atoms with Crippen molar-refractivity contribution >= 4 is 12.2 Å². The molecule has 11 heavy (non-hydrogen) atoms. The van der Waals surface area contributed by atoms with Crippen molar-refractivity contribution < 1.29 is 0 Å². The topological polar surface area (TPSA) is 61.5 Å². The molecule has 0 saturated carbocycles. The maximum Gasteiger partial charge on any atom is 0.273 e. The molecule has 0 radical (unpaired) electrons. The summed E-state index contributed by atoms with van der Waals surface area (Å²) < 4.78 is 0.263. The number of H-pyrrole nitrogens is 2. The van der Waals surface area contributed by atoms with Gasteiger partial charge in [-0.3, -0.25) is 14.9 Å². The number of rotatable bonds is 1. The van der Waals surface area contributed by atoms with E-state index in [1.807, 2.05) is 13.8 Å². The minimum absolute atomic E-state index is 0.116. The summed E-state index contributed by atoms with van der Waals surface area (Å²) in [4.78, 5) is 13.5. The largest absolute Gasteiger partial charge is 0.296 e. The number of hydrogen-bond acceptors (Lipinski definition) is 3. The third kappa shape index (κ3) is 1.74. The van der Waals surface area contributed by atoms with Crippen LogP contribution in [0.5, 0.6) is 0 Å². The van der Waals surface area contributed by atoms with E-state index in [0.717, 1.165) is 0 Å². The third-order valence-electron chi connectivity index (χ3n) is 1.28. The number of aromatic amines is 2. The van der Waals surface area contributed by atoms with Gasteiger partial charge in [-0.25, -0.2) is 0 Å². The first kappa shape index (κ1) is 8.13. The second kappa shape index (κ2) is 2.96. The Morgan fingerprint density at radius 1 is 1.55 bits per heavy atom. The van der Waals surface area contributed by atoms with Crippen molar-refractivity contribution in [3.63, 3.8) is 0 Å². The summed E-state index contributed by atoms with van der Waals surface area (Å²) in [6, 6.07) is 0. The molecule has 60 valence electrons. The molecule has 4 nitrogen and oxygen atoms in total. The van der Waals surface area contributed by atoms with Gasteiger partial charge in [-0.2, -0.15) is 5.10 Å². The predicted molar refractivity (Wildman–Crippen MR) is 44.1 cm³/mol. The summed E-state index contributed by atoms with van der Waals surface area (Å²) in [7, 11) is 0. The van der Waals surface area contributed by atoms with E-state index in [0.29, 0.717) is 5.69 Å². The fraction of sp³-hybridized carbons (Fsp3) is 0.500. The number of nitrogens with zero attached hydrogens (tertiary/aromatic N) is 1. The van der Waals surface area contributed by atoms with Gasteiger partial charge in [0.2, 0.25) is 0 Å². The summed E-state index contributed by atoms with van der Waals surface area (Å²) in [5.41, 5.74) is 0.280. The molecule has 0 aliphatic rings. The molecule has 0 bridgehead atoms. The Hall–Kier alpha value is -0.970. The molecule has 0 atom stereocenters. The summed E-state index contributed by atoms with van der Waals surface area (Å²) in [5.74, 6) is 0.116. The molecule has 2 N–H and O–H groups in total. The van der Waals surface area contributed by atoms with Crippen molar-refractivity contribution in [2.45, 2.75) is 19.8 Å². The van der Waals surface area contributed by atoms with Crippen molar-refractivity contribution in [2.24, 2.45) is 0 Å². The lowest BCUT2D eigenvalue weighted by Crippen LogP contribution is -2.17. The van der Waals surface area contributed by atoms with Gasteiger partial charge in [-0.05, 0) is 12.2 Å². The first-order valence-electron chi connectivity index (χ1n) is 3.30. The fourth-order valence-electron chi connectivity index (χ4n) is 0.748. The van der Waals surface area contributed by atoms with E-state index in [2.05, 4.69) is 27.4 Å². The summed E-state index contributed by atoms with van der Waals surface area (Å²) >= 11 is 4.67. The number of nitrogens with one attached hydrogen (secondary N) is 2. The molecule has 1 rings (SSSR count). The van der Waals surface area contributed by atoms with Gasteiger partial charge in [-0.1, -0.05) is 13.8 Å². The third-order valence-corrected chi connectivity index (χ3v) is 1.48. The lowest BCUT2D eigenvalue weighted by Gasteiger charge is -1.99. The first-order chi connectivity index (χ1) is 5.11. The average Bonchev–Trinajstić information content (AvgIpc) is 1.85. The van der Waals surface area contributed by atoms with Gasteiger partial charge in [-0.15, -0.1) is 0 Å². The van der Waals surface area contributed by atoms with E-state index in [1.54, 1.807) is 0 Å². The van der Waals surface area contributed by atoms with Crippen molar-refractivity contribution in [1.82, 2.24) is 15.2 Å². The van der Waals surface area contributed by atoms with Gasteiger partial charge in [0.05, 0.1) is 0 Å². The molecule has 0 saturated heterocycles. The molecule has 0 unspecified atom stereocenters. The van der Waals surface area contributed by atoms with Crippen LogP contribution in [-0.4, -0.2) is 15.2 Å². The van der Waals surface area contributed by atoms with Crippen LogP contribution in [0, 0.1) is 4.77 Å². The minimum Gasteiger partial charge on any atom is -0.296 e. The van der Waals surface area contributed by atoms with Crippen LogP contribution in [0.25, 0.3) is 0 Å². The second-order valence-electron chi connectivity index (χ2n) is 2.55. The molecule has 1 aromatic heterocycles. The van der Waals surface area contributed by atoms with Gasteiger partial charge in [0.15, 0.2) is 4.77 Å². The van der Waals surface area contributed by atoms with E-state index in [-0.39, 0.29) is 16.2 Å². The van der Waals surface area contributed by atoms with Crippen molar-refractivity contribution in [3.05, 3.63) is 20.8 Å². The molecule has 0 aliphatic heterocycles. The van der Waals surface area contributed by atoms with E-state index in [1.165, 1.54) is 0 Å². The Morgan fingerprint density at radius 2 is 2.18 bits per heavy atom. The summed E-state index contributed by atoms with van der Waals surface area (Å²) in [6.45, 7) is 3.79. The summed E-state index contributed by atoms with van der Waals surface area (Å²) in [5, 5.41) is 6.34. The van der Waals surface area contributed by atoms with Crippen LogP contribution >= 0.6 is 12.2 Å². The second-order valence-corrected chi connectivity index (χ2v) is 2.96. The molecule has 0 aliphatic carbocycles. The van der Waals surface area contributed by atoms with Crippen LogP contribution in [0.1, 0.15) is 25.5 Å². The van der Waals surface area contributed by atoms with Gasteiger partial charge in [0.1, 0.15) is 5.69 Å². The molecular formula is C6H9N3OS. The van der Waals surface area contributed by atoms with Crippen molar-refractivity contribution in [3.8, 4) is 0 Å². The Labute approximate surface area is 68.7 Å². The van der Waals surface area contributed by atoms with Crippen LogP contribution in [0.15, 0.2) is 4.79 Å². The molecule has 0 fully saturated rings. The van der Waals surface area contributed by atoms with E-state index < -0.39 is 0 Å². The number of aromatic nitrogens is 3. The van der Waals surface area contributed by atoms with Crippen molar-refractivity contribution in [2.75, 3.05) is 0 Å². The highest BCUT2D eigenvalue weighted by Gasteiger charge is 2.04. The zero-order valence-electron chi connectivity index (χ0n) is 6.34. The van der Waals surface area contributed by atoms with Crippen LogP contribution < -0.4 is 5.56 Å². The predicted octanol–water partition coefficient (Wildman–Crippen LogP) is 0.951. The smallest absolute Gasteiger partial charge is 0.273 e. The van der Waals surface area contributed by atoms with Crippen LogP contribution in [-0.2, 0) is 0 Å². The zero-order chi connectivity index (χ0) is 8.43. The average molecular weight is 171 g/mol. The van der Waals surface area contributed by atoms with Gasteiger partial charge >= 0.3 is 0 Å². The normalized spacial score (nSPS) is 10.5. The quantitative estimate of drug-likeness (QED) is 0.618. The Kier molecular flexibility index (Phi) is 2.19. The first-order valence-corrected chi connectivity index (χ1v) is 3.71. The molecular weight excluding hydrogens is 162 g/mol. The van der Waals surface area contributed by atoms with Crippen molar-refractivity contribution in [1.29, 1.82) is 0 Å². The Morgan fingerprint density at radius 3 is 2.64 bits per heavy atom. The maximum absolute atomic E-state index is 11.1. The highest BCUT2D eigenvalue weighted by Crippen LogP contribution is 2.02. The van der Waals surface area contributed by atoms with Gasteiger partial charge in [0, 0.05) is 5.92 Å². The molecule has 5 heteroatoms. The highest BCUT2D eigenvalue weighted by atomic mass is 32.1. The van der Waals surface area contributed by atoms with Crippen LogP contribution in [0.4, 0.5) is 0 Å². The van der Waals surface area contributed by atoms with Crippen LogP contribution in [0.2, 0.25) is 0 Å².